The minimum absolute atomic E-state index is 0.459. The van der Waals surface area contributed by atoms with Crippen LogP contribution >= 0.6 is 0 Å². The molecular formula is C13H15NO4. The van der Waals surface area contributed by atoms with Crippen LogP contribution in [0.1, 0.15) is 11.1 Å². The van der Waals surface area contributed by atoms with Crippen molar-refractivity contribution in [2.24, 2.45) is 0 Å². The molecule has 0 aliphatic rings. The van der Waals surface area contributed by atoms with Gasteiger partial charge in [-0.3, -0.25) is 5.32 Å². The first kappa shape index (κ1) is 13.8. The molecule has 1 aromatic rings. The molecule has 0 saturated carbocycles. The minimum atomic E-state index is -0.562. The number of hydrogen-bond acceptors (Lipinski definition) is 4. The predicted octanol–water partition coefficient (Wildman–Crippen LogP) is 2.36. The van der Waals surface area contributed by atoms with Crippen molar-refractivity contribution in [2.45, 2.75) is 6.92 Å². The van der Waals surface area contributed by atoms with Gasteiger partial charge in [-0.25, -0.2) is 9.59 Å². The molecule has 0 saturated heterocycles. The maximum atomic E-state index is 11.2. The summed E-state index contributed by atoms with van der Waals surface area (Å²) >= 11 is 0. The van der Waals surface area contributed by atoms with Gasteiger partial charge < -0.3 is 9.47 Å². The molecule has 18 heavy (non-hydrogen) atoms. The maximum Gasteiger partial charge on any atom is 0.411 e. The number of esters is 1. The average Bonchev–Trinajstić information content (AvgIpc) is 2.37. The third-order valence-electron chi connectivity index (χ3n) is 2.23. The molecule has 0 unspecified atom stereocenters. The molecule has 0 aromatic heterocycles. The van der Waals surface area contributed by atoms with E-state index in [-0.39, 0.29) is 0 Å². The number of aryl methyl sites for hydroxylation is 1. The number of ether oxygens (including phenoxy) is 2. The standard InChI is InChI=1S/C13H15NO4/c1-9-4-5-10(6-7-12(15)17-2)11(8-9)14-13(16)18-3/h4-8H,1-3H3,(H,14,16)/b7-6+. The number of hydrogen-bond donors (Lipinski definition) is 1. The molecule has 1 amide bonds. The highest BCUT2D eigenvalue weighted by atomic mass is 16.5. The maximum absolute atomic E-state index is 11.2. The lowest BCUT2D eigenvalue weighted by molar-refractivity contribution is -0.134. The molecule has 0 bridgehead atoms. The van der Waals surface area contributed by atoms with Crippen LogP contribution in [-0.4, -0.2) is 26.3 Å². The molecule has 0 radical (unpaired) electrons. The van der Waals surface area contributed by atoms with Gasteiger partial charge in [0, 0.05) is 6.08 Å². The smallest absolute Gasteiger partial charge is 0.411 e. The second-order valence-corrected chi connectivity index (χ2v) is 3.56. The third kappa shape index (κ3) is 3.93. The molecule has 1 rings (SSSR count). The van der Waals surface area contributed by atoms with Gasteiger partial charge in [0.15, 0.2) is 0 Å². The fraction of sp³-hybridized carbons (Fsp3) is 0.231. The van der Waals surface area contributed by atoms with Crippen LogP contribution in [0.5, 0.6) is 0 Å². The highest BCUT2D eigenvalue weighted by Crippen LogP contribution is 2.19. The molecule has 1 aromatic carbocycles. The van der Waals surface area contributed by atoms with Gasteiger partial charge in [0.25, 0.3) is 0 Å². The summed E-state index contributed by atoms with van der Waals surface area (Å²) in [7, 11) is 2.59. The number of nitrogens with one attached hydrogen (secondary N) is 1. The number of carbonyl (C=O) groups is 2. The number of methoxy groups -OCH3 is 2. The van der Waals surface area contributed by atoms with E-state index in [1.54, 1.807) is 18.2 Å². The monoisotopic (exact) mass is 249 g/mol. The Morgan fingerprint density at radius 1 is 1.22 bits per heavy atom. The molecule has 0 heterocycles. The Morgan fingerprint density at radius 2 is 1.94 bits per heavy atom. The molecule has 1 N–H and O–H groups in total. The first-order valence-electron chi connectivity index (χ1n) is 5.28. The van der Waals surface area contributed by atoms with Gasteiger partial charge in [-0.15, -0.1) is 0 Å². The van der Waals surface area contributed by atoms with E-state index in [9.17, 15) is 9.59 Å². The van der Waals surface area contributed by atoms with Crippen LogP contribution in [0.4, 0.5) is 10.5 Å². The Morgan fingerprint density at radius 3 is 2.56 bits per heavy atom. The lowest BCUT2D eigenvalue weighted by atomic mass is 10.1. The zero-order valence-corrected chi connectivity index (χ0v) is 10.5. The highest BCUT2D eigenvalue weighted by molar-refractivity contribution is 5.91. The van der Waals surface area contributed by atoms with E-state index in [1.807, 2.05) is 13.0 Å². The largest absolute Gasteiger partial charge is 0.466 e. The summed E-state index contributed by atoms with van der Waals surface area (Å²) in [5, 5.41) is 2.58. The van der Waals surface area contributed by atoms with E-state index in [0.717, 1.165) is 5.56 Å². The van der Waals surface area contributed by atoms with Crippen LogP contribution in [0.25, 0.3) is 6.08 Å². The number of amides is 1. The molecule has 0 fully saturated rings. The van der Waals surface area contributed by atoms with Crippen LogP contribution < -0.4 is 5.32 Å². The van der Waals surface area contributed by atoms with Crippen LogP contribution in [0, 0.1) is 6.92 Å². The topological polar surface area (TPSA) is 64.6 Å². The third-order valence-corrected chi connectivity index (χ3v) is 2.23. The highest BCUT2D eigenvalue weighted by Gasteiger charge is 2.05. The van der Waals surface area contributed by atoms with E-state index in [1.165, 1.54) is 20.3 Å². The summed E-state index contributed by atoms with van der Waals surface area (Å²) < 4.78 is 9.03. The first-order valence-corrected chi connectivity index (χ1v) is 5.28. The van der Waals surface area contributed by atoms with Gasteiger partial charge in [0.2, 0.25) is 0 Å². The Labute approximate surface area is 105 Å². The van der Waals surface area contributed by atoms with E-state index >= 15 is 0 Å². The predicted molar refractivity (Wildman–Crippen MR) is 68.3 cm³/mol. The van der Waals surface area contributed by atoms with Crippen molar-refractivity contribution in [3.05, 3.63) is 35.4 Å². The van der Waals surface area contributed by atoms with Gasteiger partial charge in [-0.05, 0) is 30.2 Å². The summed E-state index contributed by atoms with van der Waals surface area (Å²) in [5.41, 5.74) is 2.25. The van der Waals surface area contributed by atoms with Crippen LogP contribution in [0.2, 0.25) is 0 Å². The zero-order chi connectivity index (χ0) is 13.5. The van der Waals surface area contributed by atoms with Crippen molar-refractivity contribution >= 4 is 23.8 Å². The molecule has 5 nitrogen and oxygen atoms in total. The summed E-state index contributed by atoms with van der Waals surface area (Å²) in [4.78, 5) is 22.2. The van der Waals surface area contributed by atoms with Crippen molar-refractivity contribution in [1.29, 1.82) is 0 Å². The van der Waals surface area contributed by atoms with Crippen molar-refractivity contribution < 1.29 is 19.1 Å². The molecule has 5 heteroatoms. The Hall–Kier alpha value is -2.30. The summed E-state index contributed by atoms with van der Waals surface area (Å²) in [6.07, 6.45) is 2.29. The Kier molecular flexibility index (Phi) is 4.92. The summed E-state index contributed by atoms with van der Waals surface area (Å²) in [5.74, 6) is -0.459. The second-order valence-electron chi connectivity index (χ2n) is 3.56. The second kappa shape index (κ2) is 6.44. The summed E-state index contributed by atoms with van der Waals surface area (Å²) in [6, 6.07) is 5.45. The molecule has 0 atom stereocenters. The van der Waals surface area contributed by atoms with E-state index in [4.69, 9.17) is 0 Å². The van der Waals surface area contributed by atoms with Gasteiger partial charge >= 0.3 is 12.1 Å². The molecule has 0 aliphatic carbocycles. The quantitative estimate of drug-likeness (QED) is 0.659. The van der Waals surface area contributed by atoms with Crippen LogP contribution in [-0.2, 0) is 14.3 Å². The Balaban J connectivity index is 2.99. The molecule has 0 spiro atoms. The number of benzene rings is 1. The van der Waals surface area contributed by atoms with E-state index in [2.05, 4.69) is 14.8 Å². The van der Waals surface area contributed by atoms with Crippen LogP contribution in [0.3, 0.4) is 0 Å². The van der Waals surface area contributed by atoms with Crippen molar-refractivity contribution in [2.75, 3.05) is 19.5 Å². The van der Waals surface area contributed by atoms with E-state index < -0.39 is 12.1 Å². The number of carbonyl (C=O) groups excluding carboxylic acids is 2. The molecular weight excluding hydrogens is 234 g/mol. The number of rotatable bonds is 3. The first-order chi connectivity index (χ1) is 8.56. The normalized spacial score (nSPS) is 10.2. The zero-order valence-electron chi connectivity index (χ0n) is 10.5. The lowest BCUT2D eigenvalue weighted by Crippen LogP contribution is -2.12. The molecule has 0 aliphatic heterocycles. The van der Waals surface area contributed by atoms with Gasteiger partial charge in [-0.2, -0.15) is 0 Å². The average molecular weight is 249 g/mol. The lowest BCUT2D eigenvalue weighted by Gasteiger charge is -2.08. The molecule has 96 valence electrons. The fourth-order valence-electron chi connectivity index (χ4n) is 1.31. The van der Waals surface area contributed by atoms with Crippen molar-refractivity contribution in [3.63, 3.8) is 0 Å². The SMILES string of the molecule is COC(=O)/C=C/c1ccc(C)cc1NC(=O)OC. The number of anilines is 1. The fourth-order valence-corrected chi connectivity index (χ4v) is 1.31. The summed E-state index contributed by atoms with van der Waals surface area (Å²) in [6.45, 7) is 1.90. The van der Waals surface area contributed by atoms with Gasteiger partial charge in [0.1, 0.15) is 0 Å². The van der Waals surface area contributed by atoms with E-state index in [0.29, 0.717) is 11.3 Å². The van der Waals surface area contributed by atoms with Gasteiger partial charge in [-0.1, -0.05) is 12.1 Å². The van der Waals surface area contributed by atoms with Crippen LogP contribution in [0.15, 0.2) is 24.3 Å². The minimum Gasteiger partial charge on any atom is -0.466 e. The van der Waals surface area contributed by atoms with Crippen molar-refractivity contribution in [3.8, 4) is 0 Å². The Bertz CT molecular complexity index is 480. The van der Waals surface area contributed by atoms with Gasteiger partial charge in [0.05, 0.1) is 19.9 Å². The van der Waals surface area contributed by atoms with Crippen molar-refractivity contribution in [1.82, 2.24) is 0 Å².